The summed E-state index contributed by atoms with van der Waals surface area (Å²) in [7, 11) is 0. The number of fused-ring (bicyclic) bond motifs is 2. The Morgan fingerprint density at radius 3 is 2.88 bits per heavy atom. The maximum atomic E-state index is 12.3. The van der Waals surface area contributed by atoms with Gasteiger partial charge in [-0.2, -0.15) is 0 Å². The molecule has 2 aromatic carbocycles. The van der Waals surface area contributed by atoms with Crippen molar-refractivity contribution in [1.29, 1.82) is 0 Å². The van der Waals surface area contributed by atoms with Crippen molar-refractivity contribution in [2.75, 3.05) is 24.0 Å². The second-order valence-corrected chi connectivity index (χ2v) is 5.53. The lowest BCUT2D eigenvalue weighted by atomic mass is 10.1. The number of anilines is 2. The molecule has 7 nitrogen and oxygen atoms in total. The molecule has 4 rings (SSSR count). The molecule has 0 aromatic heterocycles. The molecular weight excluding hydrogens is 310 g/mol. The summed E-state index contributed by atoms with van der Waals surface area (Å²) in [5.74, 6) is 1.06. The van der Waals surface area contributed by atoms with Crippen LogP contribution in [0, 0.1) is 0 Å². The Labute approximate surface area is 138 Å². The van der Waals surface area contributed by atoms with Crippen LogP contribution in [0.25, 0.3) is 0 Å². The van der Waals surface area contributed by atoms with Gasteiger partial charge in [-0.05, 0) is 35.9 Å². The van der Waals surface area contributed by atoms with Crippen molar-refractivity contribution in [2.24, 2.45) is 0 Å². The predicted molar refractivity (Wildman–Crippen MR) is 87.3 cm³/mol. The Bertz CT molecular complexity index is 835. The Morgan fingerprint density at radius 1 is 1.08 bits per heavy atom. The molecule has 0 saturated heterocycles. The Balaban J connectivity index is 1.45. The summed E-state index contributed by atoms with van der Waals surface area (Å²) in [5, 5.41) is 8.59. The number of rotatable bonds is 3. The summed E-state index contributed by atoms with van der Waals surface area (Å²) in [6, 6.07) is 10.7. The van der Waals surface area contributed by atoms with Crippen molar-refractivity contribution in [3.05, 3.63) is 47.5 Å². The van der Waals surface area contributed by atoms with Crippen molar-refractivity contribution >= 4 is 23.2 Å². The molecule has 3 N–H and O–H groups in total. The van der Waals surface area contributed by atoms with Gasteiger partial charge < -0.3 is 25.4 Å². The lowest BCUT2D eigenvalue weighted by Crippen LogP contribution is -2.28. The normalized spacial score (nSPS) is 14.4. The number of ether oxygens (including phenoxy) is 2. The highest BCUT2D eigenvalue weighted by Crippen LogP contribution is 2.32. The third kappa shape index (κ3) is 2.71. The van der Waals surface area contributed by atoms with E-state index in [0.717, 1.165) is 11.3 Å². The summed E-state index contributed by atoms with van der Waals surface area (Å²) in [4.78, 5) is 23.7. The molecule has 0 unspecified atom stereocenters. The third-order valence-corrected chi connectivity index (χ3v) is 3.89. The molecule has 24 heavy (non-hydrogen) atoms. The molecule has 2 amide bonds. The second kappa shape index (κ2) is 5.77. The standard InChI is InChI=1S/C17H15N3O4/c21-16-8-18-12-3-2-11(6-13(12)20-16)17(22)19-7-10-1-4-14-15(5-10)24-9-23-14/h1-6,18H,7-9H2,(H,19,22)(H,20,21). The van der Waals surface area contributed by atoms with E-state index in [1.54, 1.807) is 18.2 Å². The van der Waals surface area contributed by atoms with Gasteiger partial charge in [0.15, 0.2) is 11.5 Å². The number of carbonyl (C=O) groups is 2. The number of amides is 2. The number of carbonyl (C=O) groups excluding carboxylic acids is 2. The van der Waals surface area contributed by atoms with Gasteiger partial charge in [-0.25, -0.2) is 0 Å². The van der Waals surface area contributed by atoms with Crippen LogP contribution in [0.2, 0.25) is 0 Å². The van der Waals surface area contributed by atoms with Gasteiger partial charge in [0.05, 0.1) is 17.9 Å². The lowest BCUT2D eigenvalue weighted by Gasteiger charge is -2.19. The zero-order chi connectivity index (χ0) is 16.5. The summed E-state index contributed by atoms with van der Waals surface area (Å²) < 4.78 is 10.6. The van der Waals surface area contributed by atoms with E-state index in [-0.39, 0.29) is 25.2 Å². The number of hydrogen-bond acceptors (Lipinski definition) is 5. The largest absolute Gasteiger partial charge is 0.454 e. The molecule has 0 fully saturated rings. The van der Waals surface area contributed by atoms with Crippen LogP contribution in [0.5, 0.6) is 11.5 Å². The highest BCUT2D eigenvalue weighted by Gasteiger charge is 2.17. The van der Waals surface area contributed by atoms with E-state index in [4.69, 9.17) is 9.47 Å². The molecule has 7 heteroatoms. The number of hydrogen-bond donors (Lipinski definition) is 3. The van der Waals surface area contributed by atoms with Gasteiger partial charge in [-0.3, -0.25) is 9.59 Å². The number of benzene rings is 2. The van der Waals surface area contributed by atoms with Gasteiger partial charge in [0.2, 0.25) is 12.7 Å². The topological polar surface area (TPSA) is 88.7 Å². The average Bonchev–Trinajstić information content (AvgIpc) is 3.06. The zero-order valence-electron chi connectivity index (χ0n) is 12.7. The predicted octanol–water partition coefficient (Wildman–Crippen LogP) is 1.71. The van der Waals surface area contributed by atoms with Crippen molar-refractivity contribution in [1.82, 2.24) is 5.32 Å². The SMILES string of the molecule is O=C1CNc2ccc(C(=O)NCc3ccc4c(c3)OCO4)cc2N1. The first-order valence-corrected chi connectivity index (χ1v) is 7.53. The second-order valence-electron chi connectivity index (χ2n) is 5.53. The van der Waals surface area contributed by atoms with E-state index >= 15 is 0 Å². The Hall–Kier alpha value is -3.22. The van der Waals surface area contributed by atoms with E-state index < -0.39 is 0 Å². The maximum Gasteiger partial charge on any atom is 0.251 e. The van der Waals surface area contributed by atoms with Crippen molar-refractivity contribution in [2.45, 2.75) is 6.54 Å². The van der Waals surface area contributed by atoms with E-state index in [1.165, 1.54) is 0 Å². The van der Waals surface area contributed by atoms with Gasteiger partial charge in [0.1, 0.15) is 0 Å². The molecule has 2 aliphatic rings. The quantitative estimate of drug-likeness (QED) is 0.799. The molecule has 0 aliphatic carbocycles. The summed E-state index contributed by atoms with van der Waals surface area (Å²) in [5.41, 5.74) is 2.82. The van der Waals surface area contributed by atoms with E-state index in [9.17, 15) is 9.59 Å². The van der Waals surface area contributed by atoms with Crippen LogP contribution in [0.4, 0.5) is 11.4 Å². The zero-order valence-corrected chi connectivity index (χ0v) is 12.7. The van der Waals surface area contributed by atoms with Crippen LogP contribution >= 0.6 is 0 Å². The smallest absolute Gasteiger partial charge is 0.251 e. The first-order valence-electron chi connectivity index (χ1n) is 7.53. The van der Waals surface area contributed by atoms with Crippen LogP contribution in [0.1, 0.15) is 15.9 Å². The highest BCUT2D eigenvalue weighted by atomic mass is 16.7. The molecule has 122 valence electrons. The Morgan fingerprint density at radius 2 is 1.96 bits per heavy atom. The van der Waals surface area contributed by atoms with Gasteiger partial charge in [0, 0.05) is 12.1 Å². The van der Waals surface area contributed by atoms with E-state index in [0.29, 0.717) is 29.3 Å². The molecule has 2 aliphatic heterocycles. The fourth-order valence-electron chi connectivity index (χ4n) is 2.65. The molecule has 0 atom stereocenters. The van der Waals surface area contributed by atoms with Crippen LogP contribution in [0.15, 0.2) is 36.4 Å². The fraction of sp³-hybridized carbons (Fsp3) is 0.176. The first-order chi connectivity index (χ1) is 11.7. The van der Waals surface area contributed by atoms with E-state index in [2.05, 4.69) is 16.0 Å². The maximum absolute atomic E-state index is 12.3. The van der Waals surface area contributed by atoms with Crippen LogP contribution in [-0.4, -0.2) is 25.2 Å². The minimum atomic E-state index is -0.213. The van der Waals surface area contributed by atoms with Crippen LogP contribution in [-0.2, 0) is 11.3 Å². The summed E-state index contributed by atoms with van der Waals surface area (Å²) >= 11 is 0. The average molecular weight is 325 g/mol. The summed E-state index contributed by atoms with van der Waals surface area (Å²) in [6.45, 7) is 0.833. The molecule has 2 heterocycles. The fourth-order valence-corrected chi connectivity index (χ4v) is 2.65. The minimum Gasteiger partial charge on any atom is -0.454 e. The Kier molecular flexibility index (Phi) is 3.45. The minimum absolute atomic E-state index is 0.125. The lowest BCUT2D eigenvalue weighted by molar-refractivity contribution is -0.114. The molecular formula is C17H15N3O4. The molecule has 0 radical (unpaired) electrons. The molecule has 0 spiro atoms. The molecule has 0 saturated carbocycles. The molecule has 2 aromatic rings. The van der Waals surface area contributed by atoms with Crippen LogP contribution < -0.4 is 25.4 Å². The number of nitrogens with one attached hydrogen (secondary N) is 3. The summed E-state index contributed by atoms with van der Waals surface area (Å²) in [6.07, 6.45) is 0. The first kappa shape index (κ1) is 14.4. The van der Waals surface area contributed by atoms with Gasteiger partial charge in [-0.15, -0.1) is 0 Å². The van der Waals surface area contributed by atoms with Crippen molar-refractivity contribution in [3.63, 3.8) is 0 Å². The van der Waals surface area contributed by atoms with Crippen molar-refractivity contribution in [3.8, 4) is 11.5 Å². The van der Waals surface area contributed by atoms with Crippen molar-refractivity contribution < 1.29 is 19.1 Å². The van der Waals surface area contributed by atoms with Gasteiger partial charge in [0.25, 0.3) is 5.91 Å². The highest BCUT2D eigenvalue weighted by molar-refractivity contribution is 6.03. The van der Waals surface area contributed by atoms with Gasteiger partial charge in [-0.1, -0.05) is 6.07 Å². The molecule has 0 bridgehead atoms. The van der Waals surface area contributed by atoms with Gasteiger partial charge >= 0.3 is 0 Å². The third-order valence-electron chi connectivity index (χ3n) is 3.89. The monoisotopic (exact) mass is 325 g/mol. The van der Waals surface area contributed by atoms with E-state index in [1.807, 2.05) is 18.2 Å². The van der Waals surface area contributed by atoms with Crippen LogP contribution in [0.3, 0.4) is 0 Å².